The Balaban J connectivity index is 2.43. The number of nitrogens with one attached hydrogen (secondary N) is 1. The molecule has 1 aromatic rings. The summed E-state index contributed by atoms with van der Waals surface area (Å²) in [6.45, 7) is 7.42. The molecule has 112 valence electrons. The molecular formula is C16H26N2O2. The Kier molecular flexibility index (Phi) is 7.09. The van der Waals surface area contributed by atoms with Gasteiger partial charge in [0.25, 0.3) is 5.91 Å². The Morgan fingerprint density at radius 2 is 2.10 bits per heavy atom. The third-order valence-corrected chi connectivity index (χ3v) is 3.03. The molecule has 0 aliphatic carbocycles. The molecule has 4 heteroatoms. The van der Waals surface area contributed by atoms with Crippen LogP contribution in [0.2, 0.25) is 0 Å². The Hall–Kier alpha value is -1.55. The Morgan fingerprint density at radius 3 is 2.75 bits per heavy atom. The molecule has 0 saturated carbocycles. The highest BCUT2D eigenvalue weighted by atomic mass is 16.5. The monoisotopic (exact) mass is 278 g/mol. The molecule has 1 aromatic carbocycles. The van der Waals surface area contributed by atoms with Crippen molar-refractivity contribution in [3.63, 3.8) is 0 Å². The minimum absolute atomic E-state index is 0.0559. The normalized spacial score (nSPS) is 12.2. The van der Waals surface area contributed by atoms with Crippen LogP contribution in [0.4, 0.5) is 0 Å². The van der Waals surface area contributed by atoms with Gasteiger partial charge in [-0.2, -0.15) is 0 Å². The molecule has 1 unspecified atom stereocenters. The second kappa shape index (κ2) is 8.59. The topological polar surface area (TPSA) is 64.3 Å². The van der Waals surface area contributed by atoms with Crippen molar-refractivity contribution in [2.75, 3.05) is 13.1 Å². The van der Waals surface area contributed by atoms with Crippen LogP contribution in [0.5, 0.6) is 5.75 Å². The lowest BCUT2D eigenvalue weighted by Crippen LogP contribution is -2.25. The van der Waals surface area contributed by atoms with Crippen LogP contribution in [-0.4, -0.2) is 25.1 Å². The maximum atomic E-state index is 12.0. The van der Waals surface area contributed by atoms with E-state index in [4.69, 9.17) is 10.5 Å². The number of hydrogen-bond acceptors (Lipinski definition) is 3. The second-order valence-corrected chi connectivity index (χ2v) is 5.43. The van der Waals surface area contributed by atoms with E-state index in [-0.39, 0.29) is 12.0 Å². The summed E-state index contributed by atoms with van der Waals surface area (Å²) < 4.78 is 5.58. The summed E-state index contributed by atoms with van der Waals surface area (Å²) in [7, 11) is 0. The average molecular weight is 278 g/mol. The van der Waals surface area contributed by atoms with Gasteiger partial charge >= 0.3 is 0 Å². The largest absolute Gasteiger partial charge is 0.491 e. The van der Waals surface area contributed by atoms with Gasteiger partial charge in [-0.25, -0.2) is 0 Å². The Morgan fingerprint density at radius 1 is 1.35 bits per heavy atom. The zero-order valence-electron chi connectivity index (χ0n) is 12.7. The molecule has 0 saturated heterocycles. The Bertz CT molecular complexity index is 419. The fraction of sp³-hybridized carbons (Fsp3) is 0.562. The quantitative estimate of drug-likeness (QED) is 0.718. The van der Waals surface area contributed by atoms with Crippen LogP contribution in [0.1, 0.15) is 44.0 Å². The first-order valence-electron chi connectivity index (χ1n) is 7.28. The van der Waals surface area contributed by atoms with Crippen LogP contribution in [0, 0.1) is 5.92 Å². The van der Waals surface area contributed by atoms with Gasteiger partial charge < -0.3 is 15.8 Å². The lowest BCUT2D eigenvalue weighted by Gasteiger charge is -2.11. The molecule has 0 heterocycles. The van der Waals surface area contributed by atoms with E-state index in [1.165, 1.54) is 0 Å². The van der Waals surface area contributed by atoms with Crippen molar-refractivity contribution in [2.45, 2.75) is 39.7 Å². The van der Waals surface area contributed by atoms with Crippen LogP contribution in [0.25, 0.3) is 0 Å². The fourth-order valence-corrected chi connectivity index (χ4v) is 1.86. The number of ether oxygens (including phenoxy) is 1. The van der Waals surface area contributed by atoms with Crippen LogP contribution < -0.4 is 15.8 Å². The second-order valence-electron chi connectivity index (χ2n) is 5.43. The average Bonchev–Trinajstić information content (AvgIpc) is 2.42. The summed E-state index contributed by atoms with van der Waals surface area (Å²) >= 11 is 0. The van der Waals surface area contributed by atoms with E-state index in [9.17, 15) is 4.79 Å². The molecule has 0 aliphatic rings. The summed E-state index contributed by atoms with van der Waals surface area (Å²) in [6.07, 6.45) is 2.09. The maximum absolute atomic E-state index is 12.0. The van der Waals surface area contributed by atoms with Gasteiger partial charge in [0.1, 0.15) is 5.75 Å². The van der Waals surface area contributed by atoms with E-state index in [0.29, 0.717) is 24.6 Å². The van der Waals surface area contributed by atoms with E-state index in [2.05, 4.69) is 12.2 Å². The predicted octanol–water partition coefficient (Wildman–Crippen LogP) is 2.58. The molecule has 1 rings (SSSR count). The van der Waals surface area contributed by atoms with Gasteiger partial charge in [-0.1, -0.05) is 13.0 Å². The minimum atomic E-state index is -0.0559. The lowest BCUT2D eigenvalue weighted by molar-refractivity contribution is 0.0951. The smallest absolute Gasteiger partial charge is 0.251 e. The van der Waals surface area contributed by atoms with Crippen molar-refractivity contribution in [1.29, 1.82) is 0 Å². The summed E-state index contributed by atoms with van der Waals surface area (Å²) in [6, 6.07) is 7.27. The molecule has 3 N–H and O–H groups in total. The zero-order chi connectivity index (χ0) is 15.0. The highest BCUT2D eigenvalue weighted by Crippen LogP contribution is 2.14. The van der Waals surface area contributed by atoms with Crippen molar-refractivity contribution in [2.24, 2.45) is 11.7 Å². The van der Waals surface area contributed by atoms with Gasteiger partial charge in [0.15, 0.2) is 0 Å². The number of nitrogens with two attached hydrogens (primary N) is 1. The summed E-state index contributed by atoms with van der Waals surface area (Å²) in [5.74, 6) is 1.18. The molecule has 1 atom stereocenters. The van der Waals surface area contributed by atoms with Crippen molar-refractivity contribution in [3.8, 4) is 5.75 Å². The predicted molar refractivity (Wildman–Crippen MR) is 82.0 cm³/mol. The molecule has 20 heavy (non-hydrogen) atoms. The van der Waals surface area contributed by atoms with Crippen LogP contribution in [-0.2, 0) is 0 Å². The Labute approximate surface area is 121 Å². The number of carbonyl (C=O) groups excluding carboxylic acids is 1. The minimum Gasteiger partial charge on any atom is -0.491 e. The fourth-order valence-electron chi connectivity index (χ4n) is 1.86. The first-order valence-corrected chi connectivity index (χ1v) is 7.28. The molecule has 0 spiro atoms. The SMILES string of the molecule is CC(CN)CCCNC(=O)c1cccc(OC(C)C)c1. The van der Waals surface area contributed by atoms with Gasteiger partial charge in [0, 0.05) is 12.1 Å². The molecule has 0 fully saturated rings. The number of amides is 1. The molecule has 0 aliphatic heterocycles. The van der Waals surface area contributed by atoms with Crippen molar-refractivity contribution in [1.82, 2.24) is 5.32 Å². The number of rotatable bonds is 8. The molecule has 0 radical (unpaired) electrons. The van der Waals surface area contributed by atoms with Crippen molar-refractivity contribution < 1.29 is 9.53 Å². The highest BCUT2D eigenvalue weighted by Gasteiger charge is 2.07. The number of benzene rings is 1. The number of carbonyl (C=O) groups is 1. The molecule has 4 nitrogen and oxygen atoms in total. The van der Waals surface area contributed by atoms with Crippen molar-refractivity contribution >= 4 is 5.91 Å². The third-order valence-electron chi connectivity index (χ3n) is 3.03. The first-order chi connectivity index (χ1) is 9.52. The van der Waals surface area contributed by atoms with Gasteiger partial charge in [-0.15, -0.1) is 0 Å². The molecule has 1 amide bonds. The van der Waals surface area contributed by atoms with Crippen LogP contribution >= 0.6 is 0 Å². The highest BCUT2D eigenvalue weighted by molar-refractivity contribution is 5.94. The van der Waals surface area contributed by atoms with Gasteiger partial charge in [-0.05, 0) is 57.4 Å². The summed E-state index contributed by atoms with van der Waals surface area (Å²) in [5.41, 5.74) is 6.19. The molecular weight excluding hydrogens is 252 g/mol. The van der Waals surface area contributed by atoms with E-state index < -0.39 is 0 Å². The zero-order valence-corrected chi connectivity index (χ0v) is 12.7. The molecule has 0 aromatic heterocycles. The van der Waals surface area contributed by atoms with Crippen molar-refractivity contribution in [3.05, 3.63) is 29.8 Å². The summed E-state index contributed by atoms with van der Waals surface area (Å²) in [4.78, 5) is 12.0. The van der Waals surface area contributed by atoms with Crippen LogP contribution in [0.15, 0.2) is 24.3 Å². The molecule has 0 bridgehead atoms. The van der Waals surface area contributed by atoms with Gasteiger partial charge in [0.2, 0.25) is 0 Å². The van der Waals surface area contributed by atoms with E-state index in [1.807, 2.05) is 26.0 Å². The van der Waals surface area contributed by atoms with Crippen LogP contribution in [0.3, 0.4) is 0 Å². The van der Waals surface area contributed by atoms with Gasteiger partial charge in [-0.3, -0.25) is 4.79 Å². The van der Waals surface area contributed by atoms with E-state index in [1.54, 1.807) is 12.1 Å². The number of hydrogen-bond donors (Lipinski definition) is 2. The lowest BCUT2D eigenvalue weighted by atomic mass is 10.1. The van der Waals surface area contributed by atoms with Gasteiger partial charge in [0.05, 0.1) is 6.10 Å². The van der Waals surface area contributed by atoms with E-state index >= 15 is 0 Å². The van der Waals surface area contributed by atoms with E-state index in [0.717, 1.165) is 18.6 Å². The standard InChI is InChI=1S/C16H26N2O2/c1-12(2)20-15-8-4-7-14(10-15)16(19)18-9-5-6-13(3)11-17/h4,7-8,10,12-13H,5-6,9,11,17H2,1-3H3,(H,18,19). The maximum Gasteiger partial charge on any atom is 0.251 e. The summed E-state index contributed by atoms with van der Waals surface area (Å²) in [5, 5.41) is 2.92. The first kappa shape index (κ1) is 16.5. The third kappa shape index (κ3) is 6.06.